The molecule has 0 N–H and O–H groups in total. The highest BCUT2D eigenvalue weighted by Crippen LogP contribution is 2.29. The predicted molar refractivity (Wildman–Crippen MR) is 77.5 cm³/mol. The summed E-state index contributed by atoms with van der Waals surface area (Å²) in [5.74, 6) is 1.80. The molecule has 1 atom stereocenters. The zero-order valence-corrected chi connectivity index (χ0v) is 12.1. The molecule has 21 heavy (non-hydrogen) atoms. The highest BCUT2D eigenvalue weighted by atomic mass is 16.5. The molecule has 0 radical (unpaired) electrons. The lowest BCUT2D eigenvalue weighted by Crippen LogP contribution is -2.33. The lowest BCUT2D eigenvalue weighted by Gasteiger charge is -2.23. The van der Waals surface area contributed by atoms with Crippen LogP contribution in [0.15, 0.2) is 35.1 Å². The molecule has 2 aromatic rings. The SMILES string of the molecule is c1coc(CN2Cc3ccnn3CC(OCC3CC3)C2)c1. The van der Waals surface area contributed by atoms with Gasteiger partial charge < -0.3 is 9.15 Å². The van der Waals surface area contributed by atoms with E-state index in [2.05, 4.69) is 20.7 Å². The average molecular weight is 287 g/mol. The Labute approximate surface area is 124 Å². The summed E-state index contributed by atoms with van der Waals surface area (Å²) in [5, 5.41) is 4.43. The van der Waals surface area contributed by atoms with Gasteiger partial charge in [-0.25, -0.2) is 0 Å². The molecule has 3 heterocycles. The number of furan rings is 1. The molecule has 5 heteroatoms. The molecule has 0 amide bonds. The molecule has 5 nitrogen and oxygen atoms in total. The van der Waals surface area contributed by atoms with Gasteiger partial charge in [0, 0.05) is 25.9 Å². The Morgan fingerprint density at radius 3 is 3.05 bits per heavy atom. The summed E-state index contributed by atoms with van der Waals surface area (Å²) < 4.78 is 13.7. The van der Waals surface area contributed by atoms with E-state index >= 15 is 0 Å². The summed E-state index contributed by atoms with van der Waals surface area (Å²) in [7, 11) is 0. The van der Waals surface area contributed by atoms with Gasteiger partial charge in [0.15, 0.2) is 0 Å². The van der Waals surface area contributed by atoms with E-state index in [1.807, 2.05) is 18.3 Å². The Morgan fingerprint density at radius 1 is 1.29 bits per heavy atom. The molecule has 1 aliphatic carbocycles. The van der Waals surface area contributed by atoms with Gasteiger partial charge in [-0.1, -0.05) is 0 Å². The molecule has 0 saturated heterocycles. The molecule has 0 bridgehead atoms. The Hall–Kier alpha value is -1.59. The predicted octanol–water partition coefficient (Wildman–Crippen LogP) is 2.29. The molecule has 1 aliphatic heterocycles. The number of hydrogen-bond acceptors (Lipinski definition) is 4. The maximum Gasteiger partial charge on any atom is 0.117 e. The quantitative estimate of drug-likeness (QED) is 0.846. The van der Waals surface area contributed by atoms with Gasteiger partial charge in [0.05, 0.1) is 31.2 Å². The van der Waals surface area contributed by atoms with Crippen molar-refractivity contribution in [2.45, 2.75) is 38.6 Å². The summed E-state index contributed by atoms with van der Waals surface area (Å²) in [4.78, 5) is 2.39. The van der Waals surface area contributed by atoms with Crippen molar-refractivity contribution in [3.8, 4) is 0 Å². The van der Waals surface area contributed by atoms with Crippen LogP contribution in [-0.4, -0.2) is 33.9 Å². The standard InChI is InChI=1S/C16H21N3O2/c1-2-15(20-7-1)9-18-8-14-5-6-17-19(14)11-16(10-18)21-12-13-3-4-13/h1-2,5-7,13,16H,3-4,8-12H2. The molecular weight excluding hydrogens is 266 g/mol. The molecule has 2 aromatic heterocycles. The zero-order valence-electron chi connectivity index (χ0n) is 12.1. The first-order chi connectivity index (χ1) is 10.4. The summed E-state index contributed by atoms with van der Waals surface area (Å²) >= 11 is 0. The van der Waals surface area contributed by atoms with E-state index in [0.717, 1.165) is 44.5 Å². The Kier molecular flexibility index (Phi) is 3.53. The third-order valence-corrected chi connectivity index (χ3v) is 4.25. The first kappa shape index (κ1) is 13.1. The summed E-state index contributed by atoms with van der Waals surface area (Å²) in [6, 6.07) is 6.07. The van der Waals surface area contributed by atoms with Gasteiger partial charge in [0.25, 0.3) is 0 Å². The van der Waals surface area contributed by atoms with Gasteiger partial charge in [-0.15, -0.1) is 0 Å². The fraction of sp³-hybridized carbons (Fsp3) is 0.562. The van der Waals surface area contributed by atoms with Crippen LogP contribution in [0.5, 0.6) is 0 Å². The molecule has 2 aliphatic rings. The van der Waals surface area contributed by atoms with Crippen LogP contribution in [0, 0.1) is 5.92 Å². The largest absolute Gasteiger partial charge is 0.468 e. The van der Waals surface area contributed by atoms with E-state index < -0.39 is 0 Å². The van der Waals surface area contributed by atoms with Crippen molar-refractivity contribution >= 4 is 0 Å². The monoisotopic (exact) mass is 287 g/mol. The van der Waals surface area contributed by atoms with E-state index in [4.69, 9.17) is 9.15 Å². The van der Waals surface area contributed by atoms with Crippen molar-refractivity contribution in [3.05, 3.63) is 42.1 Å². The fourth-order valence-corrected chi connectivity index (χ4v) is 2.90. The van der Waals surface area contributed by atoms with Crippen molar-refractivity contribution in [2.75, 3.05) is 13.2 Å². The number of nitrogens with zero attached hydrogens (tertiary/aromatic N) is 3. The molecule has 1 fully saturated rings. The number of ether oxygens (including phenoxy) is 1. The van der Waals surface area contributed by atoms with E-state index in [-0.39, 0.29) is 6.10 Å². The fourth-order valence-electron chi connectivity index (χ4n) is 2.90. The van der Waals surface area contributed by atoms with Gasteiger partial charge in [0.2, 0.25) is 0 Å². The zero-order chi connectivity index (χ0) is 14.1. The van der Waals surface area contributed by atoms with E-state index in [1.54, 1.807) is 6.26 Å². The van der Waals surface area contributed by atoms with Gasteiger partial charge in [-0.3, -0.25) is 9.58 Å². The summed E-state index contributed by atoms with van der Waals surface area (Å²) in [6.07, 6.45) is 6.48. The summed E-state index contributed by atoms with van der Waals surface area (Å²) in [5.41, 5.74) is 1.25. The molecular formula is C16H21N3O2. The summed E-state index contributed by atoms with van der Waals surface area (Å²) in [6.45, 7) is 4.39. The molecule has 0 spiro atoms. The molecule has 4 rings (SSSR count). The molecule has 0 aromatic carbocycles. The van der Waals surface area contributed by atoms with Gasteiger partial charge >= 0.3 is 0 Å². The maximum atomic E-state index is 6.13. The van der Waals surface area contributed by atoms with Crippen molar-refractivity contribution in [1.82, 2.24) is 14.7 Å². The Bertz CT molecular complexity index is 574. The van der Waals surface area contributed by atoms with Crippen LogP contribution < -0.4 is 0 Å². The second-order valence-corrected chi connectivity index (χ2v) is 6.15. The average Bonchev–Trinajstić information content (AvgIpc) is 3.05. The minimum absolute atomic E-state index is 0.210. The highest BCUT2D eigenvalue weighted by Gasteiger charge is 2.27. The highest BCUT2D eigenvalue weighted by molar-refractivity contribution is 5.04. The number of rotatable bonds is 5. The first-order valence-corrected chi connectivity index (χ1v) is 7.74. The van der Waals surface area contributed by atoms with Crippen molar-refractivity contribution < 1.29 is 9.15 Å². The Morgan fingerprint density at radius 2 is 2.24 bits per heavy atom. The minimum Gasteiger partial charge on any atom is -0.468 e. The second kappa shape index (κ2) is 5.66. The lowest BCUT2D eigenvalue weighted by atomic mass is 10.3. The van der Waals surface area contributed by atoms with Crippen LogP contribution in [0.1, 0.15) is 24.3 Å². The Balaban J connectivity index is 1.47. The third-order valence-electron chi connectivity index (χ3n) is 4.25. The van der Waals surface area contributed by atoms with E-state index in [9.17, 15) is 0 Å². The topological polar surface area (TPSA) is 43.4 Å². The van der Waals surface area contributed by atoms with Gasteiger partial charge in [-0.05, 0) is 37.0 Å². The molecule has 1 unspecified atom stereocenters. The number of aromatic nitrogens is 2. The van der Waals surface area contributed by atoms with Crippen molar-refractivity contribution in [3.63, 3.8) is 0 Å². The van der Waals surface area contributed by atoms with Crippen LogP contribution in [0.4, 0.5) is 0 Å². The second-order valence-electron chi connectivity index (χ2n) is 6.15. The van der Waals surface area contributed by atoms with E-state index in [0.29, 0.717) is 0 Å². The normalized spacial score (nSPS) is 23.0. The van der Waals surface area contributed by atoms with Crippen LogP contribution in [0.3, 0.4) is 0 Å². The maximum absolute atomic E-state index is 6.13. The van der Waals surface area contributed by atoms with Crippen LogP contribution in [-0.2, 0) is 24.4 Å². The minimum atomic E-state index is 0.210. The van der Waals surface area contributed by atoms with Crippen molar-refractivity contribution in [1.29, 1.82) is 0 Å². The number of hydrogen-bond donors (Lipinski definition) is 0. The van der Waals surface area contributed by atoms with Crippen LogP contribution >= 0.6 is 0 Å². The van der Waals surface area contributed by atoms with Gasteiger partial charge in [0.1, 0.15) is 5.76 Å². The van der Waals surface area contributed by atoms with Crippen molar-refractivity contribution in [2.24, 2.45) is 5.92 Å². The van der Waals surface area contributed by atoms with Crippen LogP contribution in [0.2, 0.25) is 0 Å². The first-order valence-electron chi connectivity index (χ1n) is 7.74. The van der Waals surface area contributed by atoms with Gasteiger partial charge in [-0.2, -0.15) is 5.10 Å². The third kappa shape index (κ3) is 3.19. The number of fused-ring (bicyclic) bond motifs is 1. The lowest BCUT2D eigenvalue weighted by molar-refractivity contribution is 0.0112. The smallest absolute Gasteiger partial charge is 0.117 e. The molecule has 1 saturated carbocycles. The molecule has 112 valence electrons. The van der Waals surface area contributed by atoms with E-state index in [1.165, 1.54) is 18.5 Å². The van der Waals surface area contributed by atoms with Crippen LogP contribution in [0.25, 0.3) is 0 Å².